The summed E-state index contributed by atoms with van der Waals surface area (Å²) in [5.74, 6) is -0.440. The molecule has 27 heavy (non-hydrogen) atoms. The number of benzene rings is 1. The zero-order chi connectivity index (χ0) is 19.1. The Morgan fingerprint density at radius 2 is 1.81 bits per heavy atom. The maximum Gasteiger partial charge on any atom is 0.340 e. The molecule has 3 rings (SSSR count). The van der Waals surface area contributed by atoms with Crippen molar-refractivity contribution >= 4 is 51.9 Å². The summed E-state index contributed by atoms with van der Waals surface area (Å²) in [7, 11) is 1.52. The van der Waals surface area contributed by atoms with Gasteiger partial charge in [-0.1, -0.05) is 24.3 Å². The molecular formula is C20H17NO4S2. The van der Waals surface area contributed by atoms with E-state index in [4.69, 9.17) is 9.47 Å². The van der Waals surface area contributed by atoms with Crippen molar-refractivity contribution in [2.45, 2.75) is 0 Å². The maximum atomic E-state index is 12.6. The summed E-state index contributed by atoms with van der Waals surface area (Å²) in [6, 6.07) is 14.6. The molecule has 0 bridgehead atoms. The van der Waals surface area contributed by atoms with Gasteiger partial charge < -0.3 is 14.8 Å². The standard InChI is InChI=1S/C20H17NO4S2/c1-24-17-8-3-2-7-16(17)21-19(22)13-25-20(23)15(18-9-5-11-27-18)12-14-6-4-10-26-14/h2-12H,13H2,1H3,(H,21,22). The lowest BCUT2D eigenvalue weighted by molar-refractivity contribution is -0.141. The monoisotopic (exact) mass is 399 g/mol. The molecule has 0 aliphatic carbocycles. The number of carbonyl (C=O) groups is 2. The Bertz CT molecular complexity index is 931. The Morgan fingerprint density at radius 1 is 1.04 bits per heavy atom. The van der Waals surface area contributed by atoms with Crippen LogP contribution in [0.15, 0.2) is 59.3 Å². The Morgan fingerprint density at radius 3 is 2.52 bits per heavy atom. The van der Waals surface area contributed by atoms with Crippen LogP contribution in [-0.2, 0) is 14.3 Å². The molecule has 0 spiro atoms. The van der Waals surface area contributed by atoms with Gasteiger partial charge in [-0.3, -0.25) is 4.79 Å². The zero-order valence-electron chi connectivity index (χ0n) is 14.5. The van der Waals surface area contributed by atoms with Crippen molar-refractivity contribution in [2.75, 3.05) is 19.0 Å². The van der Waals surface area contributed by atoms with Crippen molar-refractivity contribution in [3.8, 4) is 5.75 Å². The van der Waals surface area contributed by atoms with Gasteiger partial charge >= 0.3 is 5.97 Å². The molecular weight excluding hydrogens is 382 g/mol. The lowest BCUT2D eigenvalue weighted by atomic mass is 10.2. The molecule has 5 nitrogen and oxygen atoms in total. The molecule has 0 radical (unpaired) electrons. The fraction of sp³-hybridized carbons (Fsp3) is 0.100. The van der Waals surface area contributed by atoms with Crippen molar-refractivity contribution in [2.24, 2.45) is 0 Å². The predicted octanol–water partition coefficient (Wildman–Crippen LogP) is 4.54. The second-order valence-electron chi connectivity index (χ2n) is 5.38. The number of carbonyl (C=O) groups excluding carboxylic acids is 2. The van der Waals surface area contributed by atoms with Gasteiger partial charge in [0.25, 0.3) is 5.91 Å². The third-order valence-electron chi connectivity index (χ3n) is 3.55. The number of amides is 1. The van der Waals surface area contributed by atoms with Crippen LogP contribution in [0.5, 0.6) is 5.75 Å². The largest absolute Gasteiger partial charge is 0.495 e. The second-order valence-corrected chi connectivity index (χ2v) is 7.30. The van der Waals surface area contributed by atoms with E-state index in [-0.39, 0.29) is 6.61 Å². The highest BCUT2D eigenvalue weighted by Gasteiger charge is 2.17. The van der Waals surface area contributed by atoms with Gasteiger partial charge in [0.15, 0.2) is 6.61 Å². The van der Waals surface area contributed by atoms with Gasteiger partial charge in [-0.05, 0) is 41.1 Å². The molecule has 1 N–H and O–H groups in total. The number of rotatable bonds is 7. The molecule has 1 amide bonds. The minimum Gasteiger partial charge on any atom is -0.495 e. The number of methoxy groups -OCH3 is 1. The van der Waals surface area contributed by atoms with E-state index in [0.717, 1.165) is 9.75 Å². The number of para-hydroxylation sites is 2. The number of ether oxygens (including phenoxy) is 2. The molecule has 0 aliphatic rings. The summed E-state index contributed by atoms with van der Waals surface area (Å²) < 4.78 is 10.4. The van der Waals surface area contributed by atoms with Gasteiger partial charge in [-0.2, -0.15) is 0 Å². The van der Waals surface area contributed by atoms with E-state index in [2.05, 4.69) is 5.32 Å². The van der Waals surface area contributed by atoms with Crippen molar-refractivity contribution in [3.63, 3.8) is 0 Å². The highest BCUT2D eigenvalue weighted by Crippen LogP contribution is 2.26. The molecule has 2 heterocycles. The van der Waals surface area contributed by atoms with Crippen LogP contribution in [-0.4, -0.2) is 25.6 Å². The van der Waals surface area contributed by atoms with Gasteiger partial charge in [-0.25, -0.2) is 4.79 Å². The average Bonchev–Trinajstić information content (AvgIpc) is 3.38. The van der Waals surface area contributed by atoms with Crippen LogP contribution in [0.3, 0.4) is 0 Å². The summed E-state index contributed by atoms with van der Waals surface area (Å²) in [6.45, 7) is -0.385. The highest BCUT2D eigenvalue weighted by molar-refractivity contribution is 7.12. The van der Waals surface area contributed by atoms with Gasteiger partial charge in [-0.15, -0.1) is 22.7 Å². The molecule has 0 saturated heterocycles. The van der Waals surface area contributed by atoms with Crippen molar-refractivity contribution in [1.29, 1.82) is 0 Å². The van der Waals surface area contributed by atoms with E-state index >= 15 is 0 Å². The molecule has 0 saturated carbocycles. The van der Waals surface area contributed by atoms with E-state index in [9.17, 15) is 9.59 Å². The minimum atomic E-state index is -0.541. The first kappa shape index (κ1) is 18.9. The predicted molar refractivity (Wildman–Crippen MR) is 109 cm³/mol. The topological polar surface area (TPSA) is 64.6 Å². The van der Waals surface area contributed by atoms with Crippen LogP contribution in [0.1, 0.15) is 9.75 Å². The molecule has 0 fully saturated rings. The lowest BCUT2D eigenvalue weighted by Gasteiger charge is -2.10. The van der Waals surface area contributed by atoms with Crippen molar-refractivity contribution in [3.05, 3.63) is 69.0 Å². The van der Waals surface area contributed by atoms with Gasteiger partial charge in [0.1, 0.15) is 5.75 Å². The van der Waals surface area contributed by atoms with Crippen LogP contribution in [0.25, 0.3) is 11.6 Å². The van der Waals surface area contributed by atoms with E-state index in [1.807, 2.05) is 35.0 Å². The third-order valence-corrected chi connectivity index (χ3v) is 5.27. The number of hydrogen-bond acceptors (Lipinski definition) is 6. The van der Waals surface area contributed by atoms with Crippen LogP contribution in [0.4, 0.5) is 5.69 Å². The summed E-state index contributed by atoms with van der Waals surface area (Å²) in [4.78, 5) is 26.4. The molecule has 2 aromatic heterocycles. The number of anilines is 1. The lowest BCUT2D eigenvalue weighted by Crippen LogP contribution is -2.21. The smallest absolute Gasteiger partial charge is 0.340 e. The fourth-order valence-electron chi connectivity index (χ4n) is 2.32. The summed E-state index contributed by atoms with van der Waals surface area (Å²) in [5, 5.41) is 6.50. The van der Waals surface area contributed by atoms with Gasteiger partial charge in [0, 0.05) is 9.75 Å². The Kier molecular flexibility index (Phi) is 6.40. The number of thiophene rings is 2. The molecule has 7 heteroatoms. The summed E-state index contributed by atoms with van der Waals surface area (Å²) in [5.41, 5.74) is 0.950. The minimum absolute atomic E-state index is 0.385. The highest BCUT2D eigenvalue weighted by atomic mass is 32.1. The van der Waals surface area contributed by atoms with E-state index in [1.54, 1.807) is 30.3 Å². The molecule has 1 aromatic carbocycles. The number of nitrogens with one attached hydrogen (secondary N) is 1. The maximum absolute atomic E-state index is 12.6. The SMILES string of the molecule is COc1ccccc1NC(=O)COC(=O)C(=Cc1cccs1)c1cccs1. The van der Waals surface area contributed by atoms with Crippen LogP contribution in [0, 0.1) is 0 Å². The summed E-state index contributed by atoms with van der Waals surface area (Å²) >= 11 is 2.96. The number of esters is 1. The van der Waals surface area contributed by atoms with E-state index < -0.39 is 11.9 Å². The molecule has 0 atom stereocenters. The van der Waals surface area contributed by atoms with Crippen LogP contribution < -0.4 is 10.1 Å². The zero-order valence-corrected chi connectivity index (χ0v) is 16.1. The molecule has 0 unspecified atom stereocenters. The van der Waals surface area contributed by atoms with E-state index in [1.165, 1.54) is 29.8 Å². The number of hydrogen-bond donors (Lipinski definition) is 1. The molecule has 3 aromatic rings. The van der Waals surface area contributed by atoms with Crippen molar-refractivity contribution < 1.29 is 19.1 Å². The van der Waals surface area contributed by atoms with Crippen LogP contribution in [0.2, 0.25) is 0 Å². The van der Waals surface area contributed by atoms with Gasteiger partial charge in [0.2, 0.25) is 0 Å². The first-order chi connectivity index (χ1) is 13.2. The third kappa shape index (κ3) is 5.06. The first-order valence-electron chi connectivity index (χ1n) is 8.06. The Labute approximate surface area is 164 Å². The Balaban J connectivity index is 1.67. The fourth-order valence-corrected chi connectivity index (χ4v) is 3.71. The van der Waals surface area contributed by atoms with E-state index in [0.29, 0.717) is 17.0 Å². The van der Waals surface area contributed by atoms with Gasteiger partial charge in [0.05, 0.1) is 18.4 Å². The Hall–Kier alpha value is -2.90. The van der Waals surface area contributed by atoms with Crippen molar-refractivity contribution in [1.82, 2.24) is 0 Å². The first-order valence-corrected chi connectivity index (χ1v) is 9.82. The van der Waals surface area contributed by atoms with Crippen LogP contribution >= 0.6 is 22.7 Å². The second kappa shape index (κ2) is 9.16. The molecule has 0 aliphatic heterocycles. The normalized spacial score (nSPS) is 11.1. The molecule has 138 valence electrons. The average molecular weight is 399 g/mol. The summed E-state index contributed by atoms with van der Waals surface area (Å²) in [6.07, 6.45) is 1.77. The quantitative estimate of drug-likeness (QED) is 0.468.